The van der Waals surface area contributed by atoms with Gasteiger partial charge in [-0.25, -0.2) is 0 Å². The average Bonchev–Trinajstić information content (AvgIpc) is 2.80. The molecule has 0 nitrogen and oxygen atoms in total. The fourth-order valence-electron chi connectivity index (χ4n) is 5.95. The van der Waals surface area contributed by atoms with E-state index in [-0.39, 0.29) is 0 Å². The SMILES string of the molecule is CCCCCc1ccc(-c2ccc(CCC3(CCCCC)CCCCC3)c(C)c2)cc1C. The van der Waals surface area contributed by atoms with Crippen molar-refractivity contribution in [3.63, 3.8) is 0 Å². The Morgan fingerprint density at radius 2 is 1.19 bits per heavy atom. The lowest BCUT2D eigenvalue weighted by Crippen LogP contribution is -2.25. The van der Waals surface area contributed by atoms with Crippen LogP contribution in [-0.2, 0) is 12.8 Å². The third-order valence-electron chi connectivity index (χ3n) is 8.22. The standard InChI is InChI=1S/C32H48/c1-5-7-10-14-28-15-17-30(24-26(28)3)31-18-16-29(27(4)25-31)19-23-32(20-11-8-6-2)21-12-9-13-22-32/h15-18,24-25H,5-14,19-23H2,1-4H3. The third-order valence-corrected chi connectivity index (χ3v) is 8.22. The van der Waals surface area contributed by atoms with Gasteiger partial charge in [0.05, 0.1) is 0 Å². The second-order valence-electron chi connectivity index (χ2n) is 10.8. The number of unbranched alkanes of at least 4 members (excludes halogenated alkanes) is 4. The summed E-state index contributed by atoms with van der Waals surface area (Å²) in [5.74, 6) is 0. The van der Waals surface area contributed by atoms with Crippen LogP contribution in [0.3, 0.4) is 0 Å². The quantitative estimate of drug-likeness (QED) is 0.293. The fourth-order valence-corrected chi connectivity index (χ4v) is 5.95. The maximum absolute atomic E-state index is 2.44. The van der Waals surface area contributed by atoms with Gasteiger partial charge in [-0.3, -0.25) is 0 Å². The summed E-state index contributed by atoms with van der Waals surface area (Å²) >= 11 is 0. The second kappa shape index (κ2) is 12.6. The third kappa shape index (κ3) is 6.97. The van der Waals surface area contributed by atoms with E-state index in [1.807, 2.05) is 0 Å². The molecule has 0 aromatic heterocycles. The molecule has 0 saturated heterocycles. The zero-order valence-corrected chi connectivity index (χ0v) is 21.6. The predicted molar refractivity (Wildman–Crippen MR) is 143 cm³/mol. The van der Waals surface area contributed by atoms with Crippen molar-refractivity contribution in [1.82, 2.24) is 0 Å². The van der Waals surface area contributed by atoms with Gasteiger partial charge in [0.25, 0.3) is 0 Å². The first-order chi connectivity index (χ1) is 15.6. The van der Waals surface area contributed by atoms with Gasteiger partial charge in [-0.2, -0.15) is 0 Å². The highest BCUT2D eigenvalue weighted by atomic mass is 14.4. The molecule has 0 amide bonds. The minimum absolute atomic E-state index is 0.628. The molecule has 3 rings (SSSR count). The fraction of sp³-hybridized carbons (Fsp3) is 0.625. The summed E-state index contributed by atoms with van der Waals surface area (Å²) < 4.78 is 0. The van der Waals surface area contributed by atoms with Gasteiger partial charge in [0.15, 0.2) is 0 Å². The Kier molecular flexibility index (Phi) is 9.89. The van der Waals surface area contributed by atoms with Crippen molar-refractivity contribution in [2.75, 3.05) is 0 Å². The Hall–Kier alpha value is -1.56. The summed E-state index contributed by atoms with van der Waals surface area (Å²) in [7, 11) is 0. The number of aryl methyl sites for hydroxylation is 4. The van der Waals surface area contributed by atoms with Crippen molar-refractivity contribution in [2.45, 2.75) is 124 Å². The summed E-state index contributed by atoms with van der Waals surface area (Å²) in [4.78, 5) is 0. The highest BCUT2D eigenvalue weighted by Crippen LogP contribution is 2.44. The second-order valence-corrected chi connectivity index (χ2v) is 10.8. The van der Waals surface area contributed by atoms with E-state index in [1.165, 1.54) is 124 Å². The molecule has 0 aliphatic heterocycles. The molecule has 0 heteroatoms. The molecule has 2 aromatic rings. The molecule has 1 saturated carbocycles. The van der Waals surface area contributed by atoms with Crippen LogP contribution in [0.4, 0.5) is 0 Å². The molecule has 0 spiro atoms. The monoisotopic (exact) mass is 432 g/mol. The van der Waals surface area contributed by atoms with Crippen LogP contribution in [0.1, 0.15) is 120 Å². The molecule has 32 heavy (non-hydrogen) atoms. The summed E-state index contributed by atoms with van der Waals surface area (Å²) in [6.45, 7) is 9.23. The molecule has 176 valence electrons. The molecule has 1 aliphatic rings. The van der Waals surface area contributed by atoms with E-state index in [0.29, 0.717) is 5.41 Å². The van der Waals surface area contributed by atoms with Crippen LogP contribution in [0, 0.1) is 19.3 Å². The van der Waals surface area contributed by atoms with Gasteiger partial charge in [-0.05, 0) is 97.6 Å². The first-order valence-corrected chi connectivity index (χ1v) is 13.8. The molecule has 0 unspecified atom stereocenters. The summed E-state index contributed by atoms with van der Waals surface area (Å²) in [6.07, 6.45) is 20.8. The topological polar surface area (TPSA) is 0 Å². The van der Waals surface area contributed by atoms with Crippen molar-refractivity contribution in [1.29, 1.82) is 0 Å². The Morgan fingerprint density at radius 3 is 1.75 bits per heavy atom. The van der Waals surface area contributed by atoms with Gasteiger partial charge >= 0.3 is 0 Å². The Balaban J connectivity index is 1.66. The van der Waals surface area contributed by atoms with Crippen LogP contribution in [0.5, 0.6) is 0 Å². The van der Waals surface area contributed by atoms with Gasteiger partial charge < -0.3 is 0 Å². The molecule has 2 aromatic carbocycles. The van der Waals surface area contributed by atoms with Gasteiger partial charge in [0, 0.05) is 0 Å². The molecule has 0 radical (unpaired) electrons. The van der Waals surface area contributed by atoms with E-state index < -0.39 is 0 Å². The Labute approximate surface area is 199 Å². The number of benzene rings is 2. The predicted octanol–water partition coefficient (Wildman–Crippen LogP) is 10.2. The summed E-state index contributed by atoms with van der Waals surface area (Å²) in [5, 5.41) is 0. The maximum Gasteiger partial charge on any atom is -0.0181 e. The van der Waals surface area contributed by atoms with Crippen molar-refractivity contribution in [2.24, 2.45) is 5.41 Å². The van der Waals surface area contributed by atoms with Gasteiger partial charge in [-0.15, -0.1) is 0 Å². The van der Waals surface area contributed by atoms with Crippen molar-refractivity contribution < 1.29 is 0 Å². The minimum Gasteiger partial charge on any atom is -0.0654 e. The number of rotatable bonds is 12. The van der Waals surface area contributed by atoms with Crippen LogP contribution in [0.2, 0.25) is 0 Å². The molecule has 1 fully saturated rings. The van der Waals surface area contributed by atoms with Crippen molar-refractivity contribution in [3.8, 4) is 11.1 Å². The van der Waals surface area contributed by atoms with Crippen LogP contribution < -0.4 is 0 Å². The van der Waals surface area contributed by atoms with E-state index in [4.69, 9.17) is 0 Å². The number of hydrogen-bond acceptors (Lipinski definition) is 0. The van der Waals surface area contributed by atoms with Crippen LogP contribution in [0.15, 0.2) is 36.4 Å². The number of hydrogen-bond donors (Lipinski definition) is 0. The average molecular weight is 433 g/mol. The van der Waals surface area contributed by atoms with E-state index in [2.05, 4.69) is 64.1 Å². The molecule has 0 bridgehead atoms. The largest absolute Gasteiger partial charge is 0.0654 e. The van der Waals surface area contributed by atoms with Gasteiger partial charge in [0.2, 0.25) is 0 Å². The highest BCUT2D eigenvalue weighted by molar-refractivity contribution is 5.66. The first kappa shape index (κ1) is 25.1. The van der Waals surface area contributed by atoms with E-state index >= 15 is 0 Å². The minimum atomic E-state index is 0.628. The lowest BCUT2D eigenvalue weighted by Gasteiger charge is -2.38. The zero-order chi connectivity index (χ0) is 22.8. The van der Waals surface area contributed by atoms with E-state index in [9.17, 15) is 0 Å². The van der Waals surface area contributed by atoms with E-state index in [0.717, 1.165) is 0 Å². The van der Waals surface area contributed by atoms with Crippen LogP contribution in [-0.4, -0.2) is 0 Å². The van der Waals surface area contributed by atoms with Crippen LogP contribution in [0.25, 0.3) is 11.1 Å². The van der Waals surface area contributed by atoms with E-state index in [1.54, 1.807) is 5.56 Å². The van der Waals surface area contributed by atoms with Gasteiger partial charge in [-0.1, -0.05) is 102 Å². The Bertz CT molecular complexity index is 822. The highest BCUT2D eigenvalue weighted by Gasteiger charge is 2.31. The molecule has 0 heterocycles. The smallest absolute Gasteiger partial charge is 0.0181 e. The zero-order valence-electron chi connectivity index (χ0n) is 21.6. The lowest BCUT2D eigenvalue weighted by molar-refractivity contribution is 0.152. The van der Waals surface area contributed by atoms with Crippen molar-refractivity contribution >= 4 is 0 Å². The molecule has 1 aliphatic carbocycles. The van der Waals surface area contributed by atoms with Crippen molar-refractivity contribution in [3.05, 3.63) is 58.7 Å². The molecular formula is C32H48. The normalized spacial score (nSPS) is 15.8. The first-order valence-electron chi connectivity index (χ1n) is 13.8. The summed E-state index contributed by atoms with van der Waals surface area (Å²) in [6, 6.07) is 14.3. The molecular weight excluding hydrogens is 384 g/mol. The Morgan fingerprint density at radius 1 is 0.625 bits per heavy atom. The molecule has 0 N–H and O–H groups in total. The lowest BCUT2D eigenvalue weighted by atomic mass is 9.67. The summed E-state index contributed by atoms with van der Waals surface area (Å²) in [5.41, 5.74) is 9.41. The maximum atomic E-state index is 2.44. The van der Waals surface area contributed by atoms with Crippen LogP contribution >= 0.6 is 0 Å². The molecule has 0 atom stereocenters. The van der Waals surface area contributed by atoms with Gasteiger partial charge in [0.1, 0.15) is 0 Å².